The second kappa shape index (κ2) is 32.5. The molecule has 4 aliphatic heterocycles. The van der Waals surface area contributed by atoms with Gasteiger partial charge in [0.1, 0.15) is 64.1 Å². The lowest BCUT2D eigenvalue weighted by molar-refractivity contribution is -0.140. The van der Waals surface area contributed by atoms with Gasteiger partial charge in [0.2, 0.25) is 11.8 Å². The van der Waals surface area contributed by atoms with Crippen LogP contribution in [0.2, 0.25) is 0 Å². The van der Waals surface area contributed by atoms with E-state index in [1.165, 1.54) is 34.2 Å². The molecular formula is C77H91N15O12. The normalized spacial score (nSPS) is 18.1. The van der Waals surface area contributed by atoms with E-state index in [4.69, 9.17) is 23.4 Å². The lowest BCUT2D eigenvalue weighted by Gasteiger charge is -2.30. The third-order valence-electron chi connectivity index (χ3n) is 19.7. The SMILES string of the molecule is COC(=O)N[C@H](C(=O)N1CCC[C@H]1c1ncc(-c2ccc(-c3cc4cc(-c5cnc([C@@H]6CCCN6C(=O)[C@@H](NC(=O)OC)C(C)C)[nH]5)ccc4o3)cc2)[nH]1)C(C)C.COC(=O)N[C@H](C(=O)O)C(C)C.c1cc2oc(-c3ccc(-c4cnc([C@@H]5CCCN5)[nH]4)cc3)cc2cc1-c1cnc(C2CCCN2)[nH]1. The summed E-state index contributed by atoms with van der Waals surface area (Å²) in [7, 11) is 3.76. The van der Waals surface area contributed by atoms with Gasteiger partial charge in [0.25, 0.3) is 0 Å². The maximum absolute atomic E-state index is 13.6. The third kappa shape index (κ3) is 16.5. The van der Waals surface area contributed by atoms with Crippen LogP contribution in [0, 0.1) is 17.8 Å². The molecule has 104 heavy (non-hydrogen) atoms. The minimum Gasteiger partial charge on any atom is -0.480 e. The molecule has 5 amide bonds. The Morgan fingerprint density at radius 2 is 0.779 bits per heavy atom. The Balaban J connectivity index is 0.000000182. The van der Waals surface area contributed by atoms with Crippen molar-refractivity contribution in [3.63, 3.8) is 0 Å². The molecule has 0 saturated carbocycles. The zero-order valence-electron chi connectivity index (χ0n) is 59.9. The fourth-order valence-electron chi connectivity index (χ4n) is 13.9. The number of benzene rings is 4. The van der Waals surface area contributed by atoms with Crippen molar-refractivity contribution >= 4 is 58.0 Å². The Bertz CT molecular complexity index is 4630. The highest BCUT2D eigenvalue weighted by Gasteiger charge is 2.40. The number of rotatable bonds is 19. The van der Waals surface area contributed by atoms with Crippen molar-refractivity contribution in [2.45, 2.75) is 135 Å². The maximum atomic E-state index is 13.6. The van der Waals surface area contributed by atoms with E-state index in [2.05, 4.69) is 120 Å². The average molecular weight is 1420 g/mol. The van der Waals surface area contributed by atoms with E-state index < -0.39 is 42.4 Å². The van der Waals surface area contributed by atoms with Crippen LogP contribution in [0.1, 0.15) is 140 Å². The van der Waals surface area contributed by atoms with Crippen LogP contribution in [-0.4, -0.2) is 156 Å². The highest BCUT2D eigenvalue weighted by Crippen LogP contribution is 2.39. The Labute approximate surface area is 601 Å². The number of furan rings is 2. The topological polar surface area (TPSA) is 358 Å². The van der Waals surface area contributed by atoms with Gasteiger partial charge in [0.15, 0.2) is 0 Å². The van der Waals surface area contributed by atoms with Gasteiger partial charge in [-0.25, -0.2) is 39.1 Å². The summed E-state index contributed by atoms with van der Waals surface area (Å²) in [5.74, 6) is 3.30. The lowest BCUT2D eigenvalue weighted by atomic mass is 10.0. The number of carbonyl (C=O) groups is 6. The van der Waals surface area contributed by atoms with E-state index in [-0.39, 0.29) is 41.7 Å². The van der Waals surface area contributed by atoms with Crippen molar-refractivity contribution in [3.8, 4) is 67.7 Å². The number of ether oxygens (including phenoxy) is 3. The number of H-pyrrole nitrogens is 4. The summed E-state index contributed by atoms with van der Waals surface area (Å²) < 4.78 is 26.2. The van der Waals surface area contributed by atoms with E-state index >= 15 is 0 Å². The van der Waals surface area contributed by atoms with Crippen molar-refractivity contribution in [2.75, 3.05) is 47.5 Å². The molecule has 0 aliphatic carbocycles. The number of aromatic amines is 4. The molecular weight excluding hydrogens is 1330 g/mol. The largest absolute Gasteiger partial charge is 0.480 e. The number of nitrogens with zero attached hydrogens (tertiary/aromatic N) is 6. The molecule has 10 N–H and O–H groups in total. The molecule has 4 aliphatic rings. The Morgan fingerprint density at radius 3 is 1.12 bits per heavy atom. The highest BCUT2D eigenvalue weighted by molar-refractivity contribution is 5.90. The fraction of sp³-hybridized carbons (Fsp3) is 0.403. The van der Waals surface area contributed by atoms with E-state index in [0.717, 1.165) is 153 Å². The first kappa shape index (κ1) is 72.7. The van der Waals surface area contributed by atoms with Crippen molar-refractivity contribution in [1.82, 2.24) is 76.3 Å². The summed E-state index contributed by atoms with van der Waals surface area (Å²) in [4.78, 5) is 108. The number of methoxy groups -OCH3 is 3. The number of carboxylic acid groups (broad SMARTS) is 1. The molecule has 4 saturated heterocycles. The number of imidazole rings is 4. The van der Waals surface area contributed by atoms with Gasteiger partial charge in [-0.15, -0.1) is 0 Å². The van der Waals surface area contributed by atoms with Crippen molar-refractivity contribution in [3.05, 3.63) is 145 Å². The molecule has 0 radical (unpaired) electrons. The number of likely N-dealkylation sites (tertiary alicyclic amines) is 2. The second-order valence-corrected chi connectivity index (χ2v) is 27.7. The zero-order valence-corrected chi connectivity index (χ0v) is 59.9. The van der Waals surface area contributed by atoms with Gasteiger partial charge in [0, 0.05) is 46.1 Å². The molecule has 4 fully saturated rings. The number of carbonyl (C=O) groups excluding carboxylic acids is 5. The first-order chi connectivity index (χ1) is 50.2. The number of aromatic nitrogens is 8. The quantitative estimate of drug-likeness (QED) is 0.0336. The molecule has 1 unspecified atom stereocenters. The summed E-state index contributed by atoms with van der Waals surface area (Å²) in [5.41, 5.74) is 11.5. The molecule has 14 rings (SSSR count). The number of nitrogens with one attached hydrogen (secondary N) is 9. The van der Waals surface area contributed by atoms with Crippen LogP contribution in [0.3, 0.4) is 0 Å². The van der Waals surface area contributed by atoms with Crippen molar-refractivity contribution < 1.29 is 56.9 Å². The van der Waals surface area contributed by atoms with E-state index in [0.29, 0.717) is 36.8 Å². The summed E-state index contributed by atoms with van der Waals surface area (Å²) >= 11 is 0. The van der Waals surface area contributed by atoms with Crippen LogP contribution in [-0.2, 0) is 28.6 Å². The molecule has 7 atom stereocenters. The average Bonchev–Trinajstić information content (AvgIpc) is 1.57. The zero-order chi connectivity index (χ0) is 73.3. The molecule has 4 aromatic carbocycles. The molecule has 10 aromatic rings. The van der Waals surface area contributed by atoms with Crippen LogP contribution in [0.5, 0.6) is 0 Å². The predicted molar refractivity (Wildman–Crippen MR) is 391 cm³/mol. The highest BCUT2D eigenvalue weighted by atomic mass is 16.5. The molecule has 10 heterocycles. The minimum atomic E-state index is -1.06. The first-order valence-electron chi connectivity index (χ1n) is 35.6. The summed E-state index contributed by atoms with van der Waals surface area (Å²) in [6, 6.07) is 30.8. The van der Waals surface area contributed by atoms with Crippen LogP contribution in [0.25, 0.3) is 89.6 Å². The van der Waals surface area contributed by atoms with E-state index in [1.54, 1.807) is 36.0 Å². The van der Waals surface area contributed by atoms with Gasteiger partial charge in [-0.05, 0) is 142 Å². The smallest absolute Gasteiger partial charge is 0.407 e. The van der Waals surface area contributed by atoms with Gasteiger partial charge in [-0.1, -0.05) is 90.1 Å². The van der Waals surface area contributed by atoms with Gasteiger partial charge < -0.3 is 84.5 Å². The molecule has 0 spiro atoms. The molecule has 27 heteroatoms. The Hall–Kier alpha value is -11.1. The summed E-state index contributed by atoms with van der Waals surface area (Å²) in [6.45, 7) is 14.3. The standard InChI is InChI=1S/C42H50N8O7.C28H28N6O.C7H13NO4/c1-23(2)35(47-41(53)55-5)39(51)49-17-7-9-31(49)37-43-21-29(45-37)25-11-13-26(14-12-25)34-20-28-19-27(15-16-33(28)57-34)30-22-44-38(46-30)32-10-8-18-50(32)40(52)36(24(3)4)48-42(54)56-6;1-3-21(29-11-1)27-31-15-23(33-27)17-5-7-18(8-6-17)26-14-20-13-19(9-10-25(20)35-26)24-16-32-28(34-24)22-4-2-12-30-22;1-4(2)5(6(9)10)8-7(11)12-3/h11-16,19-24,31-32,35-36H,7-10,17-18H2,1-6H3,(H,43,45)(H,44,46)(H,47,53)(H,48,54);5-10,13-16,21-22,29-30H,1-4,11-12H2,(H,31,33)(H,32,34);4-5H,1-3H3,(H,8,11)(H,9,10)/t31-,32-,35-,36-;21-,22?;5-/m000/s1. The van der Waals surface area contributed by atoms with Crippen LogP contribution in [0.15, 0.2) is 131 Å². The predicted octanol–water partition coefficient (Wildman–Crippen LogP) is 13.1. The molecule has 0 bridgehead atoms. The number of alkyl carbamates (subject to hydrolysis) is 3. The Kier molecular flexibility index (Phi) is 22.7. The van der Waals surface area contributed by atoms with Gasteiger partial charge in [-0.3, -0.25) is 9.59 Å². The maximum Gasteiger partial charge on any atom is 0.407 e. The third-order valence-corrected chi connectivity index (χ3v) is 19.7. The van der Waals surface area contributed by atoms with Crippen LogP contribution in [0.4, 0.5) is 14.4 Å². The Morgan fingerprint density at radius 1 is 0.442 bits per heavy atom. The number of amides is 5. The number of hydrogen-bond donors (Lipinski definition) is 10. The lowest BCUT2D eigenvalue weighted by Crippen LogP contribution is -2.51. The van der Waals surface area contributed by atoms with Gasteiger partial charge in [0.05, 0.1) is 93.1 Å². The molecule has 6 aromatic heterocycles. The summed E-state index contributed by atoms with van der Waals surface area (Å²) in [6.07, 6.45) is 13.3. The number of fused-ring (bicyclic) bond motifs is 2. The van der Waals surface area contributed by atoms with Crippen molar-refractivity contribution in [1.29, 1.82) is 0 Å². The molecule has 546 valence electrons. The van der Waals surface area contributed by atoms with Gasteiger partial charge in [-0.2, -0.15) is 0 Å². The van der Waals surface area contributed by atoms with E-state index in [1.807, 2.05) is 88.6 Å². The van der Waals surface area contributed by atoms with Gasteiger partial charge >= 0.3 is 24.2 Å². The second-order valence-electron chi connectivity index (χ2n) is 27.7. The fourth-order valence-corrected chi connectivity index (χ4v) is 13.9. The number of carboxylic acids is 1. The summed E-state index contributed by atoms with van der Waals surface area (Å²) in [5, 5.41) is 25.2. The number of hydrogen-bond acceptors (Lipinski definition) is 17. The van der Waals surface area contributed by atoms with Crippen molar-refractivity contribution in [2.24, 2.45) is 17.8 Å². The monoisotopic (exact) mass is 1420 g/mol. The van der Waals surface area contributed by atoms with Crippen LogP contribution >= 0.6 is 0 Å². The van der Waals surface area contributed by atoms with Crippen LogP contribution < -0.4 is 26.6 Å². The van der Waals surface area contributed by atoms with E-state index in [9.17, 15) is 28.8 Å². The molecule has 27 nitrogen and oxygen atoms in total. The first-order valence-corrected chi connectivity index (χ1v) is 35.6. The minimum absolute atomic E-state index is 0.113. The number of aliphatic carboxylic acids is 1.